The molecule has 1 saturated heterocycles. The minimum absolute atomic E-state index is 0.0752. The third-order valence-corrected chi connectivity index (χ3v) is 4.53. The number of benzene rings is 2. The van der Waals surface area contributed by atoms with Crippen molar-refractivity contribution in [1.29, 1.82) is 0 Å². The molecule has 0 aromatic heterocycles. The van der Waals surface area contributed by atoms with Gasteiger partial charge in [0.2, 0.25) is 5.91 Å². The molecule has 1 aliphatic heterocycles. The predicted molar refractivity (Wildman–Crippen MR) is 99.1 cm³/mol. The highest BCUT2D eigenvalue weighted by Crippen LogP contribution is 2.11. The van der Waals surface area contributed by atoms with E-state index in [1.54, 1.807) is 36.4 Å². The average molecular weight is 350 g/mol. The van der Waals surface area contributed by atoms with E-state index in [9.17, 15) is 14.4 Å². The van der Waals surface area contributed by atoms with Crippen LogP contribution in [-0.4, -0.2) is 42.1 Å². The Morgan fingerprint density at radius 1 is 0.808 bits per heavy atom. The van der Waals surface area contributed by atoms with Crippen molar-refractivity contribution < 1.29 is 14.4 Å². The normalized spacial score (nSPS) is 13.5. The molecule has 0 aliphatic carbocycles. The van der Waals surface area contributed by atoms with E-state index in [1.807, 2.05) is 23.1 Å². The summed E-state index contributed by atoms with van der Waals surface area (Å²) in [5.74, 6) is -0.224. The van der Waals surface area contributed by atoms with Crippen molar-refractivity contribution in [3.63, 3.8) is 0 Å². The second kappa shape index (κ2) is 8.43. The van der Waals surface area contributed by atoms with E-state index < -0.39 is 0 Å². The van der Waals surface area contributed by atoms with Gasteiger partial charge in [0.25, 0.3) is 5.91 Å². The molecule has 5 nitrogen and oxygen atoms in total. The average Bonchev–Trinajstić information content (AvgIpc) is 3.23. The van der Waals surface area contributed by atoms with E-state index in [4.69, 9.17) is 0 Å². The summed E-state index contributed by atoms with van der Waals surface area (Å²) in [5, 5.41) is 2.76. The molecule has 1 aliphatic rings. The number of hydrogen-bond donors (Lipinski definition) is 1. The van der Waals surface area contributed by atoms with Crippen LogP contribution in [0, 0.1) is 0 Å². The molecule has 1 heterocycles. The Bertz CT molecular complexity index is 779. The number of nitrogens with zero attached hydrogens (tertiary/aromatic N) is 1. The molecule has 1 N–H and O–H groups in total. The first-order valence-electron chi connectivity index (χ1n) is 8.91. The lowest BCUT2D eigenvalue weighted by Gasteiger charge is -2.15. The van der Waals surface area contributed by atoms with Gasteiger partial charge < -0.3 is 10.2 Å². The van der Waals surface area contributed by atoms with Gasteiger partial charge in [0.1, 0.15) is 0 Å². The van der Waals surface area contributed by atoms with E-state index in [2.05, 4.69) is 5.32 Å². The van der Waals surface area contributed by atoms with Crippen molar-refractivity contribution in [3.8, 4) is 0 Å². The number of rotatable bonds is 6. The first-order chi connectivity index (χ1) is 12.6. The van der Waals surface area contributed by atoms with Gasteiger partial charge in [-0.05, 0) is 25.0 Å². The Labute approximate surface area is 153 Å². The predicted octanol–water partition coefficient (Wildman–Crippen LogP) is 2.66. The second-order valence-corrected chi connectivity index (χ2v) is 6.37. The lowest BCUT2D eigenvalue weighted by atomic mass is 10.0. The van der Waals surface area contributed by atoms with Crippen molar-refractivity contribution in [2.75, 3.05) is 19.6 Å². The van der Waals surface area contributed by atoms with Crippen LogP contribution in [0.4, 0.5) is 0 Å². The Balaban J connectivity index is 1.52. The third-order valence-electron chi connectivity index (χ3n) is 4.53. The van der Waals surface area contributed by atoms with Gasteiger partial charge in [0.05, 0.1) is 0 Å². The maximum absolute atomic E-state index is 12.4. The van der Waals surface area contributed by atoms with Gasteiger partial charge in [0, 0.05) is 42.7 Å². The molecule has 0 radical (unpaired) electrons. The van der Waals surface area contributed by atoms with Crippen LogP contribution in [0.2, 0.25) is 0 Å². The van der Waals surface area contributed by atoms with Gasteiger partial charge in [-0.25, -0.2) is 0 Å². The van der Waals surface area contributed by atoms with Gasteiger partial charge in [-0.2, -0.15) is 0 Å². The van der Waals surface area contributed by atoms with Crippen LogP contribution in [-0.2, 0) is 4.79 Å². The molecule has 3 rings (SSSR count). The van der Waals surface area contributed by atoms with Gasteiger partial charge in [-0.1, -0.05) is 42.5 Å². The number of amides is 2. The molecular weight excluding hydrogens is 328 g/mol. The van der Waals surface area contributed by atoms with E-state index >= 15 is 0 Å². The Kier molecular flexibility index (Phi) is 5.79. The summed E-state index contributed by atoms with van der Waals surface area (Å²) >= 11 is 0. The van der Waals surface area contributed by atoms with Crippen LogP contribution in [0.3, 0.4) is 0 Å². The molecule has 134 valence electrons. The summed E-state index contributed by atoms with van der Waals surface area (Å²) in [7, 11) is 0. The minimum Gasteiger partial charge on any atom is -0.352 e. The highest BCUT2D eigenvalue weighted by Gasteiger charge is 2.17. The lowest BCUT2D eigenvalue weighted by molar-refractivity contribution is -0.129. The van der Waals surface area contributed by atoms with Gasteiger partial charge >= 0.3 is 0 Å². The van der Waals surface area contributed by atoms with Crippen LogP contribution in [0.15, 0.2) is 54.6 Å². The summed E-state index contributed by atoms with van der Waals surface area (Å²) in [6.07, 6.45) is 2.44. The Morgan fingerprint density at radius 2 is 1.38 bits per heavy atom. The minimum atomic E-state index is -0.238. The summed E-state index contributed by atoms with van der Waals surface area (Å²) in [6, 6.07) is 15.6. The highest BCUT2D eigenvalue weighted by atomic mass is 16.2. The SMILES string of the molecule is O=C(NCCC(=O)N1CCCC1)c1ccc(C(=O)c2ccccc2)cc1. The smallest absolute Gasteiger partial charge is 0.251 e. The monoisotopic (exact) mass is 350 g/mol. The van der Waals surface area contributed by atoms with Crippen molar-refractivity contribution in [3.05, 3.63) is 71.3 Å². The highest BCUT2D eigenvalue weighted by molar-refractivity contribution is 6.09. The van der Waals surface area contributed by atoms with E-state index in [1.165, 1.54) is 0 Å². The first-order valence-corrected chi connectivity index (χ1v) is 8.91. The quantitative estimate of drug-likeness (QED) is 0.815. The second-order valence-electron chi connectivity index (χ2n) is 6.37. The van der Waals surface area contributed by atoms with Crippen LogP contribution < -0.4 is 5.32 Å². The number of hydrogen-bond acceptors (Lipinski definition) is 3. The molecule has 2 aromatic rings. The number of carbonyl (C=O) groups excluding carboxylic acids is 3. The summed E-state index contributed by atoms with van der Waals surface area (Å²) in [4.78, 5) is 38.3. The molecule has 2 aromatic carbocycles. The number of carbonyl (C=O) groups is 3. The molecule has 0 atom stereocenters. The summed E-state index contributed by atoms with van der Waals surface area (Å²) in [5.41, 5.74) is 1.63. The molecule has 0 spiro atoms. The van der Waals surface area contributed by atoms with E-state index in [0.717, 1.165) is 25.9 Å². The topological polar surface area (TPSA) is 66.5 Å². The van der Waals surface area contributed by atoms with Crippen molar-refractivity contribution >= 4 is 17.6 Å². The van der Waals surface area contributed by atoms with Crippen molar-refractivity contribution in [2.24, 2.45) is 0 Å². The zero-order valence-corrected chi connectivity index (χ0v) is 14.6. The standard InChI is InChI=1S/C21H22N2O3/c24-19(23-14-4-5-15-23)12-13-22-21(26)18-10-8-17(9-11-18)20(25)16-6-2-1-3-7-16/h1-3,6-11H,4-5,12-15H2,(H,22,26). The van der Waals surface area contributed by atoms with Gasteiger partial charge in [0.15, 0.2) is 5.78 Å². The largest absolute Gasteiger partial charge is 0.352 e. The maximum Gasteiger partial charge on any atom is 0.251 e. The fraction of sp³-hybridized carbons (Fsp3) is 0.286. The number of likely N-dealkylation sites (tertiary alicyclic amines) is 1. The van der Waals surface area contributed by atoms with E-state index in [-0.39, 0.29) is 17.6 Å². The fourth-order valence-corrected chi connectivity index (χ4v) is 3.04. The molecule has 0 saturated carbocycles. The van der Waals surface area contributed by atoms with Gasteiger partial charge in [-0.15, -0.1) is 0 Å². The molecular formula is C21H22N2O3. The molecule has 0 unspecified atom stereocenters. The van der Waals surface area contributed by atoms with E-state index in [0.29, 0.717) is 29.7 Å². The lowest BCUT2D eigenvalue weighted by Crippen LogP contribution is -2.32. The fourth-order valence-electron chi connectivity index (χ4n) is 3.04. The van der Waals surface area contributed by atoms with Crippen LogP contribution in [0.25, 0.3) is 0 Å². The molecule has 1 fully saturated rings. The van der Waals surface area contributed by atoms with Crippen LogP contribution >= 0.6 is 0 Å². The van der Waals surface area contributed by atoms with Gasteiger partial charge in [-0.3, -0.25) is 14.4 Å². The molecule has 0 bridgehead atoms. The number of ketones is 1. The summed E-state index contributed by atoms with van der Waals surface area (Å²) < 4.78 is 0. The first kappa shape index (κ1) is 17.9. The zero-order valence-electron chi connectivity index (χ0n) is 14.6. The van der Waals surface area contributed by atoms with Crippen molar-refractivity contribution in [2.45, 2.75) is 19.3 Å². The van der Waals surface area contributed by atoms with Crippen molar-refractivity contribution in [1.82, 2.24) is 10.2 Å². The molecule has 26 heavy (non-hydrogen) atoms. The number of nitrogens with one attached hydrogen (secondary N) is 1. The molecule has 5 heteroatoms. The molecule has 2 amide bonds. The zero-order chi connectivity index (χ0) is 18.4. The van der Waals surface area contributed by atoms with Crippen LogP contribution in [0.1, 0.15) is 45.5 Å². The Morgan fingerprint density at radius 3 is 2.04 bits per heavy atom. The summed E-state index contributed by atoms with van der Waals surface area (Å²) in [6.45, 7) is 1.96. The van der Waals surface area contributed by atoms with Crippen LogP contribution in [0.5, 0.6) is 0 Å². The maximum atomic E-state index is 12.4. The Hall–Kier alpha value is -2.95. The third kappa shape index (κ3) is 4.36.